The highest BCUT2D eigenvalue weighted by Crippen LogP contribution is 2.17. The van der Waals surface area contributed by atoms with Crippen molar-refractivity contribution in [2.24, 2.45) is 0 Å². The number of rotatable bonds is 5. The van der Waals surface area contributed by atoms with Gasteiger partial charge in [0.2, 0.25) is 5.91 Å². The molecule has 2 aromatic rings. The number of benzene rings is 1. The van der Waals surface area contributed by atoms with Gasteiger partial charge in [-0.1, -0.05) is 12.1 Å². The summed E-state index contributed by atoms with van der Waals surface area (Å²) in [6.07, 6.45) is 4.02. The van der Waals surface area contributed by atoms with E-state index >= 15 is 0 Å². The summed E-state index contributed by atoms with van der Waals surface area (Å²) in [5.74, 6) is 0.899. The van der Waals surface area contributed by atoms with Gasteiger partial charge >= 0.3 is 0 Å². The van der Waals surface area contributed by atoms with E-state index in [0.717, 1.165) is 37.6 Å². The first-order valence-electron chi connectivity index (χ1n) is 8.33. The number of aromatic nitrogens is 2. The molecule has 6 heteroatoms. The number of nitrogens with zero attached hydrogens (tertiary/aromatic N) is 3. The van der Waals surface area contributed by atoms with Crippen molar-refractivity contribution in [3.63, 3.8) is 0 Å². The Labute approximate surface area is 142 Å². The lowest BCUT2D eigenvalue weighted by atomic mass is 10.1. The Morgan fingerprint density at radius 1 is 1.29 bits per heavy atom. The molecule has 3 rings (SSSR count). The Balaban J connectivity index is 1.52. The first kappa shape index (κ1) is 16.4. The van der Waals surface area contributed by atoms with E-state index in [0.29, 0.717) is 6.04 Å². The first-order chi connectivity index (χ1) is 11.7. The van der Waals surface area contributed by atoms with E-state index in [1.807, 2.05) is 36.4 Å². The van der Waals surface area contributed by atoms with Crippen molar-refractivity contribution in [1.29, 1.82) is 0 Å². The third-order valence-corrected chi connectivity index (χ3v) is 4.17. The van der Waals surface area contributed by atoms with Crippen LogP contribution in [-0.4, -0.2) is 35.2 Å². The number of anilines is 2. The summed E-state index contributed by atoms with van der Waals surface area (Å²) in [7, 11) is 0. The molecule has 0 bridgehead atoms. The molecule has 1 aromatic heterocycles. The smallest absolute Gasteiger partial charge is 0.221 e. The molecular formula is C18H23N5O. The predicted octanol–water partition coefficient (Wildman–Crippen LogP) is 2.19. The number of carbonyl (C=O) groups excluding carboxylic acids is 1. The average Bonchev–Trinajstić information content (AvgIpc) is 2.62. The van der Waals surface area contributed by atoms with Crippen LogP contribution in [0.2, 0.25) is 0 Å². The number of carbonyl (C=O) groups is 1. The van der Waals surface area contributed by atoms with Crippen molar-refractivity contribution in [2.75, 3.05) is 23.3 Å². The fourth-order valence-corrected chi connectivity index (χ4v) is 2.99. The minimum absolute atomic E-state index is 0.0489. The summed E-state index contributed by atoms with van der Waals surface area (Å²) in [4.78, 5) is 13.3. The van der Waals surface area contributed by atoms with Gasteiger partial charge in [0.15, 0.2) is 5.82 Å². The van der Waals surface area contributed by atoms with Crippen LogP contribution in [-0.2, 0) is 11.3 Å². The largest absolute Gasteiger partial charge is 0.354 e. The molecule has 1 atom stereocenters. The van der Waals surface area contributed by atoms with Crippen LogP contribution in [0.3, 0.4) is 0 Å². The molecule has 126 valence electrons. The molecular weight excluding hydrogens is 302 g/mol. The molecule has 0 aliphatic carbocycles. The van der Waals surface area contributed by atoms with Gasteiger partial charge in [-0.05, 0) is 42.7 Å². The van der Waals surface area contributed by atoms with E-state index < -0.39 is 0 Å². The fraction of sp³-hybridized carbons (Fsp3) is 0.389. The van der Waals surface area contributed by atoms with E-state index in [-0.39, 0.29) is 5.91 Å². The second kappa shape index (κ2) is 7.88. The van der Waals surface area contributed by atoms with Gasteiger partial charge in [-0.25, -0.2) is 0 Å². The van der Waals surface area contributed by atoms with Crippen molar-refractivity contribution < 1.29 is 4.79 Å². The van der Waals surface area contributed by atoms with Crippen LogP contribution in [0.1, 0.15) is 25.3 Å². The van der Waals surface area contributed by atoms with Crippen LogP contribution in [0.4, 0.5) is 11.5 Å². The van der Waals surface area contributed by atoms with Crippen molar-refractivity contribution >= 4 is 17.4 Å². The summed E-state index contributed by atoms with van der Waals surface area (Å²) < 4.78 is 0. The average molecular weight is 325 g/mol. The zero-order valence-electron chi connectivity index (χ0n) is 13.9. The Morgan fingerprint density at radius 3 is 2.83 bits per heavy atom. The van der Waals surface area contributed by atoms with E-state index in [1.165, 1.54) is 18.9 Å². The standard InChI is InChI=1S/C18H23N5O/c1-14(24)21-16-8-6-15(7-9-16)12-19-17-4-3-11-23(13-17)18-5-2-10-20-22-18/h2,5-10,17,19H,3-4,11-13H2,1H3,(H,21,24). The molecule has 2 N–H and O–H groups in total. The topological polar surface area (TPSA) is 70.2 Å². The predicted molar refractivity (Wildman–Crippen MR) is 94.9 cm³/mol. The first-order valence-corrected chi connectivity index (χ1v) is 8.33. The third kappa shape index (κ3) is 4.52. The molecule has 1 fully saturated rings. The summed E-state index contributed by atoms with van der Waals surface area (Å²) >= 11 is 0. The molecule has 0 radical (unpaired) electrons. The second-order valence-electron chi connectivity index (χ2n) is 6.13. The Bertz CT molecular complexity index is 659. The van der Waals surface area contributed by atoms with Gasteiger partial charge in [-0.2, -0.15) is 5.10 Å². The minimum Gasteiger partial charge on any atom is -0.354 e. The third-order valence-electron chi connectivity index (χ3n) is 4.17. The van der Waals surface area contributed by atoms with Gasteiger partial charge in [-0.3, -0.25) is 4.79 Å². The molecule has 2 heterocycles. The number of hydrogen-bond donors (Lipinski definition) is 2. The van der Waals surface area contributed by atoms with Crippen molar-refractivity contribution in [3.8, 4) is 0 Å². The van der Waals surface area contributed by atoms with Gasteiger partial charge in [-0.15, -0.1) is 5.10 Å². The second-order valence-corrected chi connectivity index (χ2v) is 6.13. The number of amides is 1. The minimum atomic E-state index is -0.0489. The summed E-state index contributed by atoms with van der Waals surface area (Å²) in [5, 5.41) is 14.6. The summed E-state index contributed by atoms with van der Waals surface area (Å²) in [5.41, 5.74) is 2.04. The quantitative estimate of drug-likeness (QED) is 0.882. The zero-order chi connectivity index (χ0) is 16.8. The highest BCUT2D eigenvalue weighted by molar-refractivity contribution is 5.88. The highest BCUT2D eigenvalue weighted by atomic mass is 16.1. The SMILES string of the molecule is CC(=O)Nc1ccc(CNC2CCCN(c3cccnn3)C2)cc1. The molecule has 1 aromatic carbocycles. The van der Waals surface area contributed by atoms with Gasteiger partial charge in [0.25, 0.3) is 0 Å². The van der Waals surface area contributed by atoms with Crippen molar-refractivity contribution in [3.05, 3.63) is 48.2 Å². The normalized spacial score (nSPS) is 17.5. The van der Waals surface area contributed by atoms with Crippen LogP contribution in [0.5, 0.6) is 0 Å². The van der Waals surface area contributed by atoms with Gasteiger partial charge in [0, 0.05) is 44.5 Å². The van der Waals surface area contributed by atoms with Gasteiger partial charge in [0.1, 0.15) is 0 Å². The maximum atomic E-state index is 11.0. The monoisotopic (exact) mass is 325 g/mol. The number of hydrogen-bond acceptors (Lipinski definition) is 5. The zero-order valence-corrected chi connectivity index (χ0v) is 13.9. The van der Waals surface area contributed by atoms with Crippen LogP contribution < -0.4 is 15.5 Å². The molecule has 1 aliphatic heterocycles. The lowest BCUT2D eigenvalue weighted by molar-refractivity contribution is -0.114. The fourth-order valence-electron chi connectivity index (χ4n) is 2.99. The van der Waals surface area contributed by atoms with Crippen molar-refractivity contribution in [2.45, 2.75) is 32.4 Å². The lowest BCUT2D eigenvalue weighted by Gasteiger charge is -2.33. The molecule has 0 spiro atoms. The van der Waals surface area contributed by atoms with Crippen molar-refractivity contribution in [1.82, 2.24) is 15.5 Å². The maximum absolute atomic E-state index is 11.0. The maximum Gasteiger partial charge on any atom is 0.221 e. The number of nitrogens with one attached hydrogen (secondary N) is 2. The van der Waals surface area contributed by atoms with E-state index in [1.54, 1.807) is 6.20 Å². The molecule has 0 saturated carbocycles. The molecule has 1 aliphatic rings. The van der Waals surface area contributed by atoms with Gasteiger partial charge < -0.3 is 15.5 Å². The highest BCUT2D eigenvalue weighted by Gasteiger charge is 2.20. The van der Waals surface area contributed by atoms with Crippen LogP contribution >= 0.6 is 0 Å². The van der Waals surface area contributed by atoms with E-state index in [4.69, 9.17) is 0 Å². The molecule has 1 amide bonds. The van der Waals surface area contributed by atoms with Crippen LogP contribution in [0.25, 0.3) is 0 Å². The Morgan fingerprint density at radius 2 is 2.12 bits per heavy atom. The lowest BCUT2D eigenvalue weighted by Crippen LogP contribution is -2.45. The summed E-state index contributed by atoms with van der Waals surface area (Å²) in [6.45, 7) is 4.31. The summed E-state index contributed by atoms with van der Waals surface area (Å²) in [6, 6.07) is 12.3. The van der Waals surface area contributed by atoms with Gasteiger partial charge in [0.05, 0.1) is 0 Å². The van der Waals surface area contributed by atoms with Crippen LogP contribution in [0.15, 0.2) is 42.6 Å². The Kier molecular flexibility index (Phi) is 5.38. The Hall–Kier alpha value is -2.47. The molecule has 24 heavy (non-hydrogen) atoms. The molecule has 1 unspecified atom stereocenters. The number of piperidine rings is 1. The van der Waals surface area contributed by atoms with Crippen LogP contribution in [0, 0.1) is 0 Å². The van der Waals surface area contributed by atoms with E-state index in [9.17, 15) is 4.79 Å². The molecule has 6 nitrogen and oxygen atoms in total. The molecule has 1 saturated heterocycles. The van der Waals surface area contributed by atoms with E-state index in [2.05, 4.69) is 25.7 Å².